The number of rotatable bonds is 6. The van der Waals surface area contributed by atoms with Crippen molar-refractivity contribution < 1.29 is 4.84 Å². The third-order valence-electron chi connectivity index (χ3n) is 4.92. The summed E-state index contributed by atoms with van der Waals surface area (Å²) in [6, 6.07) is 12.1. The largest absolute Gasteiger partial charge is 0.396 e. The van der Waals surface area contributed by atoms with E-state index in [0.29, 0.717) is 6.61 Å². The molecule has 0 spiro atoms. The van der Waals surface area contributed by atoms with Crippen LogP contribution in [0.25, 0.3) is 11.4 Å². The summed E-state index contributed by atoms with van der Waals surface area (Å²) >= 11 is 0. The summed E-state index contributed by atoms with van der Waals surface area (Å²) < 4.78 is 0. The maximum absolute atomic E-state index is 5.61. The van der Waals surface area contributed by atoms with Crippen LogP contribution in [-0.2, 0) is 17.7 Å². The van der Waals surface area contributed by atoms with Crippen molar-refractivity contribution in [1.82, 2.24) is 19.9 Å². The molecule has 0 unspecified atom stereocenters. The molecule has 3 aromatic rings. The van der Waals surface area contributed by atoms with E-state index in [2.05, 4.69) is 20.1 Å². The summed E-state index contributed by atoms with van der Waals surface area (Å²) in [7, 11) is 0. The van der Waals surface area contributed by atoms with Gasteiger partial charge in [0.25, 0.3) is 0 Å². The lowest BCUT2D eigenvalue weighted by Crippen LogP contribution is -2.16. The van der Waals surface area contributed by atoms with E-state index in [9.17, 15) is 0 Å². The van der Waals surface area contributed by atoms with E-state index in [1.807, 2.05) is 56.4 Å². The molecule has 0 aliphatic heterocycles. The molecular formula is C23H25N5O. The molecule has 29 heavy (non-hydrogen) atoms. The minimum atomic E-state index is 0.553. The predicted molar refractivity (Wildman–Crippen MR) is 113 cm³/mol. The highest BCUT2D eigenvalue weighted by molar-refractivity contribution is 6.00. The molecule has 3 heterocycles. The summed E-state index contributed by atoms with van der Waals surface area (Å²) in [6.45, 7) is 4.45. The molecule has 6 heteroatoms. The number of hydrogen-bond donors (Lipinski definition) is 0. The van der Waals surface area contributed by atoms with Gasteiger partial charge < -0.3 is 4.84 Å². The third kappa shape index (κ3) is 4.83. The van der Waals surface area contributed by atoms with Gasteiger partial charge in [0.2, 0.25) is 0 Å². The Morgan fingerprint density at radius 1 is 0.966 bits per heavy atom. The van der Waals surface area contributed by atoms with Gasteiger partial charge in [0.1, 0.15) is 18.1 Å². The Bertz CT molecular complexity index is 1030. The Morgan fingerprint density at radius 3 is 2.66 bits per heavy atom. The quantitative estimate of drug-likeness (QED) is 0.467. The van der Waals surface area contributed by atoms with Gasteiger partial charge in [-0.3, -0.25) is 9.97 Å². The van der Waals surface area contributed by atoms with E-state index in [1.165, 1.54) is 0 Å². The summed E-state index contributed by atoms with van der Waals surface area (Å²) in [5.41, 5.74) is 6.88. The number of oxime groups is 1. The Hall–Kier alpha value is -3.15. The second kappa shape index (κ2) is 8.90. The zero-order valence-corrected chi connectivity index (χ0v) is 16.9. The lowest BCUT2D eigenvalue weighted by molar-refractivity contribution is 0.141. The van der Waals surface area contributed by atoms with Crippen LogP contribution >= 0.6 is 0 Å². The van der Waals surface area contributed by atoms with Crippen LogP contribution in [0.4, 0.5) is 0 Å². The highest BCUT2D eigenvalue weighted by atomic mass is 16.6. The van der Waals surface area contributed by atoms with Crippen LogP contribution < -0.4 is 0 Å². The molecule has 1 aliphatic carbocycles. The van der Waals surface area contributed by atoms with Gasteiger partial charge in [-0.1, -0.05) is 17.3 Å². The van der Waals surface area contributed by atoms with Crippen molar-refractivity contribution in [3.8, 4) is 11.4 Å². The first-order chi connectivity index (χ1) is 14.2. The van der Waals surface area contributed by atoms with Crippen LogP contribution in [0.15, 0.2) is 47.8 Å². The molecule has 0 aromatic carbocycles. The van der Waals surface area contributed by atoms with Crippen molar-refractivity contribution in [2.24, 2.45) is 5.16 Å². The second-order valence-corrected chi connectivity index (χ2v) is 7.30. The fourth-order valence-corrected chi connectivity index (χ4v) is 3.47. The molecule has 6 nitrogen and oxygen atoms in total. The summed E-state index contributed by atoms with van der Waals surface area (Å²) in [5.74, 6) is 0.771. The Labute approximate surface area is 171 Å². The van der Waals surface area contributed by atoms with Gasteiger partial charge in [-0.25, -0.2) is 9.97 Å². The topological polar surface area (TPSA) is 73.2 Å². The van der Waals surface area contributed by atoms with Gasteiger partial charge in [0.05, 0.1) is 17.1 Å². The number of aryl methyl sites for hydroxylation is 4. The molecule has 0 saturated carbocycles. The average molecular weight is 387 g/mol. The Kier molecular flexibility index (Phi) is 5.89. The van der Waals surface area contributed by atoms with Crippen LogP contribution in [0.1, 0.15) is 47.7 Å². The molecule has 4 rings (SSSR count). The maximum atomic E-state index is 5.61. The molecule has 0 fully saturated rings. The van der Waals surface area contributed by atoms with Crippen molar-refractivity contribution in [2.45, 2.75) is 46.0 Å². The van der Waals surface area contributed by atoms with Gasteiger partial charge in [-0.15, -0.1) is 0 Å². The number of hydrogen-bond acceptors (Lipinski definition) is 6. The van der Waals surface area contributed by atoms with Gasteiger partial charge in [-0.2, -0.15) is 0 Å². The number of pyridine rings is 2. The minimum Gasteiger partial charge on any atom is -0.396 e. The SMILES string of the molecule is Cc1cccc(-c2cccc(CCCO/N=C3\CCCc4cnc(C)nc43)n2)n1. The first-order valence-electron chi connectivity index (χ1n) is 10.1. The fraction of sp³-hybridized carbons (Fsp3) is 0.348. The molecule has 0 bridgehead atoms. The normalized spacial score (nSPS) is 14.6. The first-order valence-corrected chi connectivity index (χ1v) is 10.1. The van der Waals surface area contributed by atoms with E-state index < -0.39 is 0 Å². The van der Waals surface area contributed by atoms with E-state index >= 15 is 0 Å². The zero-order chi connectivity index (χ0) is 20.1. The third-order valence-corrected chi connectivity index (χ3v) is 4.92. The van der Waals surface area contributed by atoms with E-state index in [-0.39, 0.29) is 0 Å². The van der Waals surface area contributed by atoms with Crippen molar-refractivity contribution >= 4 is 5.71 Å². The Morgan fingerprint density at radius 2 is 1.79 bits per heavy atom. The van der Waals surface area contributed by atoms with Crippen LogP contribution in [0.5, 0.6) is 0 Å². The van der Waals surface area contributed by atoms with E-state index in [0.717, 1.165) is 77.7 Å². The number of nitrogens with zero attached hydrogens (tertiary/aromatic N) is 5. The predicted octanol–water partition coefficient (Wildman–Crippen LogP) is 4.24. The standard InChI is InChI=1S/C23H25N5O/c1-16-7-3-11-20(25-16)21-12-5-9-19(27-21)10-6-14-29-28-22-13-4-8-18-15-24-17(2)26-23(18)22/h3,5,7,9,11-12,15H,4,6,8,10,13-14H2,1-2H3/b28-22+. The molecule has 0 atom stereocenters. The maximum Gasteiger partial charge on any atom is 0.125 e. The van der Waals surface area contributed by atoms with Crippen molar-refractivity contribution in [3.63, 3.8) is 0 Å². The van der Waals surface area contributed by atoms with Crippen molar-refractivity contribution in [1.29, 1.82) is 0 Å². The van der Waals surface area contributed by atoms with E-state index in [4.69, 9.17) is 9.82 Å². The molecule has 0 amide bonds. The summed E-state index contributed by atoms with van der Waals surface area (Å²) in [5, 5.41) is 4.37. The molecule has 1 aliphatic rings. The fourth-order valence-electron chi connectivity index (χ4n) is 3.47. The molecule has 0 saturated heterocycles. The molecular weight excluding hydrogens is 362 g/mol. The number of fused-ring (bicyclic) bond motifs is 1. The second-order valence-electron chi connectivity index (χ2n) is 7.30. The molecule has 0 radical (unpaired) electrons. The lowest BCUT2D eigenvalue weighted by Gasteiger charge is -2.16. The van der Waals surface area contributed by atoms with Crippen molar-refractivity contribution in [2.75, 3.05) is 6.61 Å². The van der Waals surface area contributed by atoms with Crippen LogP contribution in [0.2, 0.25) is 0 Å². The monoisotopic (exact) mass is 387 g/mol. The van der Waals surface area contributed by atoms with Crippen LogP contribution in [-0.4, -0.2) is 32.3 Å². The van der Waals surface area contributed by atoms with Crippen LogP contribution in [0.3, 0.4) is 0 Å². The van der Waals surface area contributed by atoms with Crippen molar-refractivity contribution in [3.05, 3.63) is 71.1 Å². The van der Waals surface area contributed by atoms with Gasteiger partial charge in [-0.05, 0) is 75.8 Å². The summed E-state index contributed by atoms with van der Waals surface area (Å²) in [4.78, 5) is 23.7. The molecule has 148 valence electrons. The lowest BCUT2D eigenvalue weighted by atomic mass is 9.96. The van der Waals surface area contributed by atoms with Gasteiger partial charge >= 0.3 is 0 Å². The van der Waals surface area contributed by atoms with Crippen LogP contribution in [0, 0.1) is 13.8 Å². The van der Waals surface area contributed by atoms with E-state index in [1.54, 1.807) is 0 Å². The average Bonchev–Trinajstić information content (AvgIpc) is 2.74. The Balaban J connectivity index is 1.33. The zero-order valence-electron chi connectivity index (χ0n) is 16.9. The minimum absolute atomic E-state index is 0.553. The highest BCUT2D eigenvalue weighted by Gasteiger charge is 2.18. The molecule has 0 N–H and O–H groups in total. The summed E-state index contributed by atoms with van der Waals surface area (Å²) in [6.07, 6.45) is 6.56. The highest BCUT2D eigenvalue weighted by Crippen LogP contribution is 2.20. The number of aromatic nitrogens is 4. The van der Waals surface area contributed by atoms with Gasteiger partial charge in [0, 0.05) is 17.6 Å². The molecule has 3 aromatic heterocycles. The first kappa shape index (κ1) is 19.2. The van der Waals surface area contributed by atoms with Gasteiger partial charge in [0.15, 0.2) is 0 Å². The smallest absolute Gasteiger partial charge is 0.125 e.